The highest BCUT2D eigenvalue weighted by molar-refractivity contribution is 5.80. The number of piperidine rings is 1. The normalized spacial score (nSPS) is 28.1. The third kappa shape index (κ3) is 2.92. The molecule has 0 radical (unpaired) electrons. The predicted molar refractivity (Wildman–Crippen MR) is 83.7 cm³/mol. The van der Waals surface area contributed by atoms with Gasteiger partial charge in [-0.2, -0.15) is 0 Å². The molecule has 1 spiro atoms. The highest BCUT2D eigenvalue weighted by atomic mass is 16.5. The van der Waals surface area contributed by atoms with Crippen LogP contribution in [0.5, 0.6) is 0 Å². The summed E-state index contributed by atoms with van der Waals surface area (Å²) in [6.45, 7) is 4.48. The fraction of sp³-hybridized carbons (Fsp3) is 0.688. The number of nitrogens with zero attached hydrogens (tertiary/aromatic N) is 4. The van der Waals surface area contributed by atoms with Gasteiger partial charge in [0.15, 0.2) is 0 Å². The van der Waals surface area contributed by atoms with Gasteiger partial charge in [-0.15, -0.1) is 0 Å². The van der Waals surface area contributed by atoms with Crippen LogP contribution < -0.4 is 4.90 Å². The van der Waals surface area contributed by atoms with Gasteiger partial charge in [-0.3, -0.25) is 4.79 Å². The molecule has 0 N–H and O–H groups in total. The largest absolute Gasteiger partial charge is 0.368 e. The van der Waals surface area contributed by atoms with Crippen molar-refractivity contribution < 1.29 is 9.53 Å². The van der Waals surface area contributed by atoms with Gasteiger partial charge in [0.25, 0.3) is 5.91 Å². The van der Waals surface area contributed by atoms with Gasteiger partial charge in [0, 0.05) is 45.0 Å². The van der Waals surface area contributed by atoms with Crippen LogP contribution in [-0.2, 0) is 9.53 Å². The number of likely N-dealkylation sites (N-methyl/N-ethyl adjacent to an activating group) is 1. The molecule has 2 fully saturated rings. The van der Waals surface area contributed by atoms with Crippen LogP contribution in [0.3, 0.4) is 0 Å². The summed E-state index contributed by atoms with van der Waals surface area (Å²) in [5.41, 5.74) is 1.12. The average Bonchev–Trinajstić information content (AvgIpc) is 2.90. The second-order valence-electron chi connectivity index (χ2n) is 6.82. The number of rotatable bonds is 2. The zero-order valence-electron chi connectivity index (χ0n) is 13.6. The lowest BCUT2D eigenvalue weighted by atomic mass is 9.78. The summed E-state index contributed by atoms with van der Waals surface area (Å²) in [7, 11) is 3.56. The Bertz CT molecular complexity index is 546. The molecule has 6 heteroatoms. The number of aryl methyl sites for hydroxylation is 1. The van der Waals surface area contributed by atoms with Crippen molar-refractivity contribution in [2.24, 2.45) is 5.41 Å². The number of ether oxygens (including phenoxy) is 1. The first-order valence-electron chi connectivity index (χ1n) is 7.85. The van der Waals surface area contributed by atoms with E-state index in [1.54, 1.807) is 19.0 Å². The van der Waals surface area contributed by atoms with E-state index in [1.165, 1.54) is 0 Å². The van der Waals surface area contributed by atoms with E-state index in [2.05, 4.69) is 14.9 Å². The molecule has 0 saturated carbocycles. The molecule has 1 aromatic rings. The van der Waals surface area contributed by atoms with Crippen LogP contribution >= 0.6 is 0 Å². The lowest BCUT2D eigenvalue weighted by molar-refractivity contribution is -0.138. The van der Waals surface area contributed by atoms with Crippen LogP contribution in [0, 0.1) is 12.3 Å². The maximum absolute atomic E-state index is 12.1. The Labute approximate surface area is 131 Å². The zero-order valence-corrected chi connectivity index (χ0v) is 13.6. The van der Waals surface area contributed by atoms with Gasteiger partial charge in [0.05, 0.1) is 6.61 Å². The number of amides is 1. The molecule has 2 aliphatic rings. The maximum Gasteiger partial charge on any atom is 0.251 e. The Kier molecular flexibility index (Phi) is 4.04. The summed E-state index contributed by atoms with van der Waals surface area (Å²) in [4.78, 5) is 24.8. The van der Waals surface area contributed by atoms with Crippen molar-refractivity contribution in [3.63, 3.8) is 0 Å². The molecular formula is C16H24N4O2. The standard InChI is InChI=1S/C16H24N4O2/c1-12-8-17-15(18-9-12)20-6-4-5-16(10-20)7-13(22-11-16)14(21)19(2)3/h8-9,13H,4-7,10-11H2,1-3H3/t13-,16+/m1/s1. The average molecular weight is 304 g/mol. The molecule has 120 valence electrons. The molecule has 2 saturated heterocycles. The summed E-state index contributed by atoms with van der Waals surface area (Å²) < 4.78 is 5.81. The van der Waals surface area contributed by atoms with Crippen LogP contribution in [0.4, 0.5) is 5.95 Å². The molecule has 2 atom stereocenters. The van der Waals surface area contributed by atoms with E-state index in [4.69, 9.17) is 4.74 Å². The summed E-state index contributed by atoms with van der Waals surface area (Å²) in [5.74, 6) is 0.854. The van der Waals surface area contributed by atoms with Crippen molar-refractivity contribution >= 4 is 11.9 Å². The molecule has 22 heavy (non-hydrogen) atoms. The van der Waals surface area contributed by atoms with Crippen molar-refractivity contribution in [3.8, 4) is 0 Å². The minimum Gasteiger partial charge on any atom is -0.368 e. The minimum atomic E-state index is -0.297. The molecule has 0 aromatic carbocycles. The van der Waals surface area contributed by atoms with Crippen LogP contribution in [0.25, 0.3) is 0 Å². The molecule has 0 aliphatic carbocycles. The van der Waals surface area contributed by atoms with E-state index in [1.807, 2.05) is 19.3 Å². The van der Waals surface area contributed by atoms with Crippen LogP contribution in [0.1, 0.15) is 24.8 Å². The summed E-state index contributed by atoms with van der Waals surface area (Å²) in [5, 5.41) is 0. The first-order valence-corrected chi connectivity index (χ1v) is 7.85. The summed E-state index contributed by atoms with van der Waals surface area (Å²) in [6, 6.07) is 0. The van der Waals surface area contributed by atoms with E-state index >= 15 is 0 Å². The lowest BCUT2D eigenvalue weighted by Crippen LogP contribution is -2.45. The highest BCUT2D eigenvalue weighted by Crippen LogP contribution is 2.41. The van der Waals surface area contributed by atoms with Crippen LogP contribution in [-0.4, -0.2) is 60.7 Å². The molecule has 3 rings (SSSR count). The van der Waals surface area contributed by atoms with Crippen molar-refractivity contribution in [1.82, 2.24) is 14.9 Å². The fourth-order valence-electron chi connectivity index (χ4n) is 3.45. The Balaban J connectivity index is 1.71. The van der Waals surface area contributed by atoms with Crippen molar-refractivity contribution in [1.29, 1.82) is 0 Å². The lowest BCUT2D eigenvalue weighted by Gasteiger charge is -2.39. The minimum absolute atomic E-state index is 0.0584. The van der Waals surface area contributed by atoms with E-state index in [0.29, 0.717) is 6.61 Å². The molecule has 2 aliphatic heterocycles. The molecular weight excluding hydrogens is 280 g/mol. The predicted octanol–water partition coefficient (Wildman–Crippen LogP) is 1.25. The number of hydrogen-bond acceptors (Lipinski definition) is 5. The van der Waals surface area contributed by atoms with Gasteiger partial charge in [0.1, 0.15) is 6.10 Å². The third-order valence-electron chi connectivity index (χ3n) is 4.64. The quantitative estimate of drug-likeness (QED) is 0.823. The van der Waals surface area contributed by atoms with E-state index in [0.717, 1.165) is 43.9 Å². The SMILES string of the molecule is Cc1cnc(N2CCC[C@@]3(CO[C@@H](C(=O)N(C)C)C3)C2)nc1. The summed E-state index contributed by atoms with van der Waals surface area (Å²) >= 11 is 0. The Morgan fingerprint density at radius 3 is 2.82 bits per heavy atom. The smallest absolute Gasteiger partial charge is 0.251 e. The van der Waals surface area contributed by atoms with E-state index in [9.17, 15) is 4.79 Å². The number of anilines is 1. The second kappa shape index (κ2) is 5.83. The van der Waals surface area contributed by atoms with Crippen LogP contribution in [0.2, 0.25) is 0 Å². The van der Waals surface area contributed by atoms with Gasteiger partial charge >= 0.3 is 0 Å². The van der Waals surface area contributed by atoms with Gasteiger partial charge in [-0.25, -0.2) is 9.97 Å². The third-order valence-corrected chi connectivity index (χ3v) is 4.64. The second-order valence-corrected chi connectivity index (χ2v) is 6.82. The van der Waals surface area contributed by atoms with Gasteiger partial charge < -0.3 is 14.5 Å². The molecule has 0 unspecified atom stereocenters. The molecule has 0 bridgehead atoms. The molecule has 3 heterocycles. The first-order chi connectivity index (χ1) is 10.5. The number of carbonyl (C=O) groups is 1. The van der Waals surface area contributed by atoms with Gasteiger partial charge in [-0.1, -0.05) is 0 Å². The molecule has 1 amide bonds. The fourth-order valence-corrected chi connectivity index (χ4v) is 3.45. The van der Waals surface area contributed by atoms with Gasteiger partial charge in [0.2, 0.25) is 5.95 Å². The van der Waals surface area contributed by atoms with Crippen molar-refractivity contribution in [3.05, 3.63) is 18.0 Å². The first kappa shape index (κ1) is 15.2. The molecule has 1 aromatic heterocycles. The Hall–Kier alpha value is -1.69. The van der Waals surface area contributed by atoms with Crippen molar-refractivity contribution in [2.75, 3.05) is 38.7 Å². The Morgan fingerprint density at radius 1 is 1.41 bits per heavy atom. The Morgan fingerprint density at radius 2 is 2.14 bits per heavy atom. The van der Waals surface area contributed by atoms with E-state index < -0.39 is 0 Å². The summed E-state index contributed by atoms with van der Waals surface area (Å²) in [6.07, 6.45) is 6.40. The maximum atomic E-state index is 12.1. The van der Waals surface area contributed by atoms with Crippen molar-refractivity contribution in [2.45, 2.75) is 32.3 Å². The molecule has 6 nitrogen and oxygen atoms in total. The monoisotopic (exact) mass is 304 g/mol. The van der Waals surface area contributed by atoms with Gasteiger partial charge in [-0.05, 0) is 31.7 Å². The number of carbonyl (C=O) groups excluding carboxylic acids is 1. The number of hydrogen-bond donors (Lipinski definition) is 0. The van der Waals surface area contributed by atoms with Crippen LogP contribution in [0.15, 0.2) is 12.4 Å². The number of aromatic nitrogens is 2. The highest BCUT2D eigenvalue weighted by Gasteiger charge is 2.46. The van der Waals surface area contributed by atoms with E-state index in [-0.39, 0.29) is 17.4 Å². The zero-order chi connectivity index (χ0) is 15.7. The topological polar surface area (TPSA) is 58.6 Å².